The SMILES string of the molecule is NCc1nc(CO)cs1. The molecule has 0 saturated heterocycles. The van der Waals surface area contributed by atoms with Gasteiger partial charge in [0.25, 0.3) is 0 Å². The molecule has 0 unspecified atom stereocenters. The summed E-state index contributed by atoms with van der Waals surface area (Å²) in [5.74, 6) is 0. The molecule has 0 spiro atoms. The van der Waals surface area contributed by atoms with Crippen LogP contribution in [0.25, 0.3) is 0 Å². The summed E-state index contributed by atoms with van der Waals surface area (Å²) in [6.45, 7) is 0.473. The topological polar surface area (TPSA) is 59.1 Å². The van der Waals surface area contributed by atoms with E-state index in [1.807, 2.05) is 5.38 Å². The first-order chi connectivity index (χ1) is 4.36. The van der Waals surface area contributed by atoms with Gasteiger partial charge in [0.2, 0.25) is 0 Å². The van der Waals surface area contributed by atoms with E-state index < -0.39 is 0 Å². The average Bonchev–Trinajstić information content (AvgIpc) is 2.34. The number of aromatic nitrogens is 1. The molecule has 0 atom stereocenters. The maximum atomic E-state index is 8.55. The van der Waals surface area contributed by atoms with Crippen LogP contribution in [0.1, 0.15) is 10.7 Å². The number of hydrogen-bond acceptors (Lipinski definition) is 4. The largest absolute Gasteiger partial charge is 0.390 e. The molecule has 0 radical (unpaired) electrons. The second-order valence-corrected chi connectivity index (χ2v) is 2.54. The molecule has 1 rings (SSSR count). The van der Waals surface area contributed by atoms with Crippen molar-refractivity contribution in [2.24, 2.45) is 5.73 Å². The smallest absolute Gasteiger partial charge is 0.107 e. The highest BCUT2D eigenvalue weighted by atomic mass is 32.1. The van der Waals surface area contributed by atoms with Crippen LogP contribution in [0.2, 0.25) is 0 Å². The van der Waals surface area contributed by atoms with Crippen molar-refractivity contribution in [2.45, 2.75) is 13.2 Å². The fraction of sp³-hybridized carbons (Fsp3) is 0.400. The zero-order chi connectivity index (χ0) is 6.69. The molecule has 0 bridgehead atoms. The Labute approximate surface area is 57.2 Å². The van der Waals surface area contributed by atoms with Crippen LogP contribution >= 0.6 is 11.3 Å². The minimum absolute atomic E-state index is 0.0104. The summed E-state index contributed by atoms with van der Waals surface area (Å²) in [5, 5.41) is 11.2. The lowest BCUT2D eigenvalue weighted by atomic mass is 10.5. The molecule has 3 nitrogen and oxygen atoms in total. The number of aliphatic hydroxyl groups excluding tert-OH is 1. The van der Waals surface area contributed by atoms with Crippen molar-refractivity contribution in [1.82, 2.24) is 4.98 Å². The number of thiazole rings is 1. The first-order valence-corrected chi connectivity index (χ1v) is 3.49. The van der Waals surface area contributed by atoms with Crippen molar-refractivity contribution in [2.75, 3.05) is 0 Å². The molecule has 0 fully saturated rings. The normalized spacial score (nSPS) is 10.0. The highest BCUT2D eigenvalue weighted by Gasteiger charge is 1.96. The summed E-state index contributed by atoms with van der Waals surface area (Å²) in [7, 11) is 0. The van der Waals surface area contributed by atoms with E-state index in [0.717, 1.165) is 5.01 Å². The molecule has 1 aromatic heterocycles. The summed E-state index contributed by atoms with van der Waals surface area (Å²) in [6.07, 6.45) is 0. The van der Waals surface area contributed by atoms with Crippen molar-refractivity contribution < 1.29 is 5.11 Å². The van der Waals surface area contributed by atoms with Gasteiger partial charge in [-0.2, -0.15) is 0 Å². The van der Waals surface area contributed by atoms with Gasteiger partial charge in [-0.15, -0.1) is 11.3 Å². The number of nitrogens with zero attached hydrogens (tertiary/aromatic N) is 1. The summed E-state index contributed by atoms with van der Waals surface area (Å²) in [5.41, 5.74) is 5.99. The zero-order valence-corrected chi connectivity index (χ0v) is 5.69. The van der Waals surface area contributed by atoms with Gasteiger partial charge >= 0.3 is 0 Å². The van der Waals surface area contributed by atoms with E-state index in [1.54, 1.807) is 0 Å². The molecule has 0 aliphatic rings. The Morgan fingerprint density at radius 2 is 2.56 bits per heavy atom. The highest BCUT2D eigenvalue weighted by molar-refractivity contribution is 7.09. The lowest BCUT2D eigenvalue weighted by Gasteiger charge is -1.83. The number of rotatable bonds is 2. The van der Waals surface area contributed by atoms with Gasteiger partial charge < -0.3 is 10.8 Å². The standard InChI is InChI=1S/C5H8N2OS/c6-1-5-7-4(2-8)3-9-5/h3,8H,1-2,6H2. The molecule has 0 aliphatic heterocycles. The first-order valence-electron chi connectivity index (χ1n) is 2.61. The van der Waals surface area contributed by atoms with Crippen LogP contribution in [-0.4, -0.2) is 10.1 Å². The van der Waals surface area contributed by atoms with Crippen molar-refractivity contribution in [3.05, 3.63) is 16.1 Å². The molecule has 0 amide bonds. The Bertz CT molecular complexity index is 168. The minimum atomic E-state index is 0.0104. The molecular formula is C5H8N2OS. The second kappa shape index (κ2) is 2.91. The van der Waals surface area contributed by atoms with Crippen molar-refractivity contribution in [1.29, 1.82) is 0 Å². The van der Waals surface area contributed by atoms with Crippen LogP contribution in [0.15, 0.2) is 5.38 Å². The van der Waals surface area contributed by atoms with Gasteiger partial charge in [0, 0.05) is 11.9 Å². The predicted octanol–water partition coefficient (Wildman–Crippen LogP) is 0.0941. The maximum absolute atomic E-state index is 8.55. The Balaban J connectivity index is 2.74. The van der Waals surface area contributed by atoms with E-state index in [0.29, 0.717) is 12.2 Å². The molecular weight excluding hydrogens is 136 g/mol. The number of hydrogen-bond donors (Lipinski definition) is 2. The van der Waals surface area contributed by atoms with Crippen molar-refractivity contribution in [3.63, 3.8) is 0 Å². The van der Waals surface area contributed by atoms with E-state index in [2.05, 4.69) is 4.98 Å². The summed E-state index contributed by atoms with van der Waals surface area (Å²) in [6, 6.07) is 0. The van der Waals surface area contributed by atoms with Crippen LogP contribution in [0.5, 0.6) is 0 Å². The fourth-order valence-corrected chi connectivity index (χ4v) is 1.18. The molecule has 4 heteroatoms. The quantitative estimate of drug-likeness (QED) is 0.618. The van der Waals surface area contributed by atoms with Gasteiger partial charge in [-0.1, -0.05) is 0 Å². The minimum Gasteiger partial charge on any atom is -0.390 e. The summed E-state index contributed by atoms with van der Waals surface area (Å²) in [4.78, 5) is 3.99. The van der Waals surface area contributed by atoms with Gasteiger partial charge in [-0.25, -0.2) is 4.98 Å². The van der Waals surface area contributed by atoms with Gasteiger partial charge in [0.1, 0.15) is 5.01 Å². The van der Waals surface area contributed by atoms with Gasteiger partial charge in [0.05, 0.1) is 12.3 Å². The third kappa shape index (κ3) is 1.48. The predicted molar refractivity (Wildman–Crippen MR) is 35.9 cm³/mol. The van der Waals surface area contributed by atoms with E-state index in [1.165, 1.54) is 11.3 Å². The molecule has 1 heterocycles. The highest BCUT2D eigenvalue weighted by Crippen LogP contribution is 2.07. The molecule has 0 aliphatic carbocycles. The van der Waals surface area contributed by atoms with Crippen LogP contribution < -0.4 is 5.73 Å². The molecule has 3 N–H and O–H groups in total. The second-order valence-electron chi connectivity index (χ2n) is 1.59. The van der Waals surface area contributed by atoms with Crippen LogP contribution in [0, 0.1) is 0 Å². The van der Waals surface area contributed by atoms with Gasteiger partial charge in [0.15, 0.2) is 0 Å². The third-order valence-electron chi connectivity index (χ3n) is 0.936. The van der Waals surface area contributed by atoms with Crippen LogP contribution in [-0.2, 0) is 13.2 Å². The van der Waals surface area contributed by atoms with Crippen LogP contribution in [0.3, 0.4) is 0 Å². The van der Waals surface area contributed by atoms with Crippen LogP contribution in [0.4, 0.5) is 0 Å². The lowest BCUT2D eigenvalue weighted by molar-refractivity contribution is 0.277. The zero-order valence-electron chi connectivity index (χ0n) is 4.87. The van der Waals surface area contributed by atoms with E-state index in [-0.39, 0.29) is 6.61 Å². The van der Waals surface area contributed by atoms with Gasteiger partial charge in [-0.3, -0.25) is 0 Å². The van der Waals surface area contributed by atoms with Crippen molar-refractivity contribution >= 4 is 11.3 Å². The third-order valence-corrected chi connectivity index (χ3v) is 1.86. The molecule has 0 aromatic carbocycles. The molecule has 9 heavy (non-hydrogen) atoms. The molecule has 50 valence electrons. The fourth-order valence-electron chi connectivity index (χ4n) is 0.515. The summed E-state index contributed by atoms with van der Waals surface area (Å²) < 4.78 is 0. The Kier molecular flexibility index (Phi) is 2.16. The Hall–Kier alpha value is -0.450. The van der Waals surface area contributed by atoms with Gasteiger partial charge in [-0.05, 0) is 0 Å². The Morgan fingerprint density at radius 1 is 1.78 bits per heavy atom. The summed E-state index contributed by atoms with van der Waals surface area (Å²) >= 11 is 1.48. The Morgan fingerprint density at radius 3 is 2.89 bits per heavy atom. The maximum Gasteiger partial charge on any atom is 0.107 e. The van der Waals surface area contributed by atoms with E-state index >= 15 is 0 Å². The first kappa shape index (κ1) is 6.67. The lowest BCUT2D eigenvalue weighted by Crippen LogP contribution is -1.95. The number of aliphatic hydroxyl groups is 1. The van der Waals surface area contributed by atoms with Crippen molar-refractivity contribution in [3.8, 4) is 0 Å². The van der Waals surface area contributed by atoms with E-state index in [9.17, 15) is 0 Å². The average molecular weight is 144 g/mol. The van der Waals surface area contributed by atoms with E-state index in [4.69, 9.17) is 10.8 Å². The monoisotopic (exact) mass is 144 g/mol. The number of nitrogens with two attached hydrogens (primary N) is 1. The molecule has 1 aromatic rings. The molecule has 0 saturated carbocycles.